The molecule has 2 N–H and O–H groups in total. The van der Waals surface area contributed by atoms with Crippen LogP contribution in [0.5, 0.6) is 0 Å². The average Bonchev–Trinajstić information content (AvgIpc) is 2.29. The Hall–Kier alpha value is -1.35. The largest absolute Gasteiger partial charge is 0.462 e. The highest BCUT2D eigenvalue weighted by atomic mass is 16.5. The number of aryl methyl sites for hydroxylation is 1. The van der Waals surface area contributed by atoms with Crippen LogP contribution < -0.4 is 5.73 Å². The van der Waals surface area contributed by atoms with Gasteiger partial charge in [0.25, 0.3) is 0 Å². The van der Waals surface area contributed by atoms with E-state index in [1.165, 1.54) is 11.1 Å². The molecule has 0 fully saturated rings. The maximum atomic E-state index is 11.6. The lowest BCUT2D eigenvalue weighted by atomic mass is 9.87. The molecule has 0 bridgehead atoms. The first-order valence-electron chi connectivity index (χ1n) is 5.78. The molecule has 0 unspecified atom stereocenters. The van der Waals surface area contributed by atoms with Crippen LogP contribution in [-0.4, -0.2) is 12.6 Å². The van der Waals surface area contributed by atoms with E-state index in [0.717, 1.165) is 19.3 Å². The minimum absolute atomic E-state index is 0.125. The molecule has 3 heteroatoms. The Morgan fingerprint density at radius 1 is 1.56 bits per heavy atom. The van der Waals surface area contributed by atoms with Crippen molar-refractivity contribution in [2.24, 2.45) is 5.73 Å². The molecular formula is C13H17NO2. The fraction of sp³-hybridized carbons (Fsp3) is 0.462. The van der Waals surface area contributed by atoms with Gasteiger partial charge in [-0.3, -0.25) is 0 Å². The molecule has 1 aliphatic rings. The molecule has 0 spiro atoms. The summed E-state index contributed by atoms with van der Waals surface area (Å²) in [5, 5.41) is 0. The Morgan fingerprint density at radius 2 is 2.38 bits per heavy atom. The van der Waals surface area contributed by atoms with Crippen molar-refractivity contribution in [3.8, 4) is 0 Å². The van der Waals surface area contributed by atoms with Crippen molar-refractivity contribution in [2.45, 2.75) is 32.2 Å². The number of fused-ring (bicyclic) bond motifs is 1. The Morgan fingerprint density at radius 3 is 3.12 bits per heavy atom. The van der Waals surface area contributed by atoms with E-state index in [1.54, 1.807) is 0 Å². The van der Waals surface area contributed by atoms with Crippen molar-refractivity contribution in [3.05, 3.63) is 34.9 Å². The van der Waals surface area contributed by atoms with Crippen molar-refractivity contribution < 1.29 is 9.53 Å². The molecule has 0 aromatic heterocycles. The van der Waals surface area contributed by atoms with E-state index in [0.29, 0.717) is 12.2 Å². The van der Waals surface area contributed by atoms with Gasteiger partial charge in [-0.2, -0.15) is 0 Å². The van der Waals surface area contributed by atoms with Crippen LogP contribution in [0.3, 0.4) is 0 Å². The molecule has 3 nitrogen and oxygen atoms in total. The number of hydrogen-bond donors (Lipinski definition) is 1. The summed E-state index contributed by atoms with van der Waals surface area (Å²) >= 11 is 0. The zero-order valence-electron chi connectivity index (χ0n) is 9.53. The minimum atomic E-state index is -0.246. The Balaban J connectivity index is 2.28. The van der Waals surface area contributed by atoms with Crippen molar-refractivity contribution in [3.63, 3.8) is 0 Å². The van der Waals surface area contributed by atoms with Crippen LogP contribution in [0.4, 0.5) is 0 Å². The summed E-state index contributed by atoms with van der Waals surface area (Å²) in [5.41, 5.74) is 9.03. The van der Waals surface area contributed by atoms with Gasteiger partial charge in [-0.05, 0) is 49.4 Å². The number of rotatable bonds is 2. The zero-order chi connectivity index (χ0) is 11.5. The quantitative estimate of drug-likeness (QED) is 0.776. The summed E-state index contributed by atoms with van der Waals surface area (Å²) in [6.45, 7) is 2.22. The Bertz CT molecular complexity index is 401. The predicted octanol–water partition coefficient (Wildman–Crippen LogP) is 2.20. The Labute approximate surface area is 95.6 Å². The summed E-state index contributed by atoms with van der Waals surface area (Å²) in [6, 6.07) is 5.82. The second-order valence-electron chi connectivity index (χ2n) is 4.13. The lowest BCUT2D eigenvalue weighted by molar-refractivity contribution is 0.0526. The normalized spacial score (nSPS) is 19.0. The highest BCUT2D eigenvalue weighted by molar-refractivity contribution is 5.89. The van der Waals surface area contributed by atoms with Gasteiger partial charge in [0, 0.05) is 6.04 Å². The van der Waals surface area contributed by atoms with Crippen LogP contribution in [-0.2, 0) is 11.2 Å². The van der Waals surface area contributed by atoms with Gasteiger partial charge in [0.1, 0.15) is 0 Å². The zero-order valence-corrected chi connectivity index (χ0v) is 9.53. The fourth-order valence-electron chi connectivity index (χ4n) is 2.19. The molecular weight excluding hydrogens is 202 g/mol. The molecule has 0 saturated heterocycles. The smallest absolute Gasteiger partial charge is 0.338 e. The number of hydrogen-bond acceptors (Lipinski definition) is 3. The van der Waals surface area contributed by atoms with E-state index < -0.39 is 0 Å². The molecule has 0 amide bonds. The first-order chi connectivity index (χ1) is 7.72. The van der Waals surface area contributed by atoms with Crippen molar-refractivity contribution >= 4 is 5.97 Å². The Kier molecular flexibility index (Phi) is 3.25. The summed E-state index contributed by atoms with van der Waals surface area (Å²) < 4.78 is 4.98. The number of esters is 1. The fourth-order valence-corrected chi connectivity index (χ4v) is 2.19. The average molecular weight is 219 g/mol. The lowest BCUT2D eigenvalue weighted by Crippen LogP contribution is -2.18. The van der Waals surface area contributed by atoms with E-state index >= 15 is 0 Å². The molecule has 1 aromatic carbocycles. The lowest BCUT2D eigenvalue weighted by Gasteiger charge is -2.22. The van der Waals surface area contributed by atoms with Gasteiger partial charge in [0.15, 0.2) is 0 Å². The standard InChI is InChI=1S/C13H17NO2/c1-2-16-13(15)10-6-7-11-9(8-10)4-3-5-12(11)14/h6-8,12H,2-5,14H2,1H3/t12-/m1/s1. The molecule has 0 heterocycles. The third-order valence-electron chi connectivity index (χ3n) is 3.01. The number of nitrogens with two attached hydrogens (primary N) is 1. The first-order valence-corrected chi connectivity index (χ1v) is 5.78. The van der Waals surface area contributed by atoms with Crippen LogP contribution in [0.2, 0.25) is 0 Å². The molecule has 2 rings (SSSR count). The molecule has 1 aliphatic carbocycles. The van der Waals surface area contributed by atoms with Gasteiger partial charge in [-0.15, -0.1) is 0 Å². The van der Waals surface area contributed by atoms with Crippen molar-refractivity contribution in [1.29, 1.82) is 0 Å². The van der Waals surface area contributed by atoms with E-state index in [2.05, 4.69) is 0 Å². The van der Waals surface area contributed by atoms with E-state index in [9.17, 15) is 4.79 Å². The summed E-state index contributed by atoms with van der Waals surface area (Å²) in [4.78, 5) is 11.6. The highest BCUT2D eigenvalue weighted by Gasteiger charge is 2.18. The van der Waals surface area contributed by atoms with Gasteiger partial charge < -0.3 is 10.5 Å². The van der Waals surface area contributed by atoms with Gasteiger partial charge in [-0.25, -0.2) is 4.79 Å². The minimum Gasteiger partial charge on any atom is -0.462 e. The van der Waals surface area contributed by atoms with Crippen LogP contribution >= 0.6 is 0 Å². The first kappa shape index (κ1) is 11.1. The van der Waals surface area contributed by atoms with Gasteiger partial charge in [0.05, 0.1) is 12.2 Å². The number of carbonyl (C=O) groups excluding carboxylic acids is 1. The van der Waals surface area contributed by atoms with Gasteiger partial charge in [-0.1, -0.05) is 6.07 Å². The topological polar surface area (TPSA) is 52.3 Å². The van der Waals surface area contributed by atoms with Gasteiger partial charge >= 0.3 is 5.97 Å². The molecule has 0 aliphatic heterocycles. The second-order valence-corrected chi connectivity index (χ2v) is 4.13. The van der Waals surface area contributed by atoms with E-state index in [-0.39, 0.29) is 12.0 Å². The number of ether oxygens (including phenoxy) is 1. The van der Waals surface area contributed by atoms with Gasteiger partial charge in [0.2, 0.25) is 0 Å². The third kappa shape index (κ3) is 2.09. The van der Waals surface area contributed by atoms with Crippen LogP contribution in [0.1, 0.15) is 47.3 Å². The third-order valence-corrected chi connectivity index (χ3v) is 3.01. The monoisotopic (exact) mass is 219 g/mol. The van der Waals surface area contributed by atoms with Crippen molar-refractivity contribution in [2.75, 3.05) is 6.61 Å². The van der Waals surface area contributed by atoms with E-state index in [1.807, 2.05) is 25.1 Å². The van der Waals surface area contributed by atoms with Crippen LogP contribution in [0.25, 0.3) is 0 Å². The molecule has 1 atom stereocenters. The summed E-state index contributed by atoms with van der Waals surface area (Å²) in [6.07, 6.45) is 3.14. The van der Waals surface area contributed by atoms with Crippen molar-refractivity contribution in [1.82, 2.24) is 0 Å². The molecule has 0 radical (unpaired) electrons. The van der Waals surface area contributed by atoms with E-state index in [4.69, 9.17) is 10.5 Å². The number of carbonyl (C=O) groups is 1. The SMILES string of the molecule is CCOC(=O)c1ccc2c(c1)CCC[C@H]2N. The summed E-state index contributed by atoms with van der Waals surface area (Å²) in [5.74, 6) is -0.246. The van der Waals surface area contributed by atoms with Crippen LogP contribution in [0.15, 0.2) is 18.2 Å². The van der Waals surface area contributed by atoms with Crippen LogP contribution in [0, 0.1) is 0 Å². The number of benzene rings is 1. The maximum absolute atomic E-state index is 11.6. The second kappa shape index (κ2) is 4.66. The molecule has 86 valence electrons. The molecule has 0 saturated carbocycles. The maximum Gasteiger partial charge on any atom is 0.338 e. The summed E-state index contributed by atoms with van der Waals surface area (Å²) in [7, 11) is 0. The molecule has 1 aromatic rings. The molecule has 16 heavy (non-hydrogen) atoms. The predicted molar refractivity (Wildman–Crippen MR) is 62.3 cm³/mol. The highest BCUT2D eigenvalue weighted by Crippen LogP contribution is 2.28.